The normalized spacial score (nSPS) is 16.7. The summed E-state index contributed by atoms with van der Waals surface area (Å²) in [5, 5.41) is 15.8. The Kier molecular flexibility index (Phi) is 6.48. The fourth-order valence-corrected chi connectivity index (χ4v) is 2.11. The number of hydrogen-bond donors (Lipinski definition) is 3. The molecule has 1 rings (SSSR count). The lowest BCUT2D eigenvalue weighted by Crippen LogP contribution is -2.47. The number of carbonyl (C=O) groups is 1. The summed E-state index contributed by atoms with van der Waals surface area (Å²) in [5.41, 5.74) is -0.485. The van der Waals surface area contributed by atoms with Crippen molar-refractivity contribution in [3.63, 3.8) is 0 Å². The molecule has 1 heterocycles. The Balaban J connectivity index is 2.12. The van der Waals surface area contributed by atoms with Gasteiger partial charge in [0.05, 0.1) is 6.10 Å². The zero-order chi connectivity index (χ0) is 15.2. The van der Waals surface area contributed by atoms with Gasteiger partial charge in [-0.3, -0.25) is 0 Å². The van der Waals surface area contributed by atoms with Gasteiger partial charge in [0.2, 0.25) is 0 Å². The second-order valence-corrected chi connectivity index (χ2v) is 6.27. The number of amides is 1. The Bertz CT molecular complexity index is 336. The maximum atomic E-state index is 11.4. The Labute approximate surface area is 125 Å². The number of rotatable bonds is 3. The number of likely N-dealkylation sites (tertiary alicyclic amines) is 1. The lowest BCUT2D eigenvalue weighted by Gasteiger charge is -2.31. The summed E-state index contributed by atoms with van der Waals surface area (Å²) in [5.74, 6) is 0. The first-order chi connectivity index (χ1) is 9.28. The molecule has 0 aromatic heterocycles. The number of thiocarbonyl (C=S) groups is 1. The van der Waals surface area contributed by atoms with Crippen LogP contribution in [0.1, 0.15) is 33.6 Å². The molecule has 1 amide bonds. The van der Waals surface area contributed by atoms with Crippen LogP contribution >= 0.6 is 12.2 Å². The van der Waals surface area contributed by atoms with Crippen molar-refractivity contribution in [2.24, 2.45) is 0 Å². The largest absolute Gasteiger partial charge is 0.444 e. The van der Waals surface area contributed by atoms with E-state index in [1.807, 2.05) is 25.7 Å². The van der Waals surface area contributed by atoms with Gasteiger partial charge in [0.25, 0.3) is 0 Å². The molecule has 7 heteroatoms. The molecule has 1 aliphatic heterocycles. The van der Waals surface area contributed by atoms with E-state index in [1.54, 1.807) is 0 Å². The van der Waals surface area contributed by atoms with E-state index in [1.165, 1.54) is 0 Å². The molecular weight excluding hydrogens is 278 g/mol. The number of ether oxygens (including phenoxy) is 1. The third-order valence-corrected chi connectivity index (χ3v) is 3.22. The Morgan fingerprint density at radius 2 is 1.85 bits per heavy atom. The number of carbonyl (C=O) groups excluding carboxylic acids is 1. The van der Waals surface area contributed by atoms with Gasteiger partial charge in [0.15, 0.2) is 5.11 Å². The molecule has 0 unspecified atom stereocenters. The fraction of sp³-hybridized carbons (Fsp3) is 0.846. The second-order valence-electron chi connectivity index (χ2n) is 5.88. The van der Waals surface area contributed by atoms with Crippen molar-refractivity contribution >= 4 is 23.4 Å². The Morgan fingerprint density at radius 1 is 1.30 bits per heavy atom. The highest BCUT2D eigenvalue weighted by Crippen LogP contribution is 2.09. The SMILES string of the molecule is CC(C)(C)OC(=O)NCCNC(=S)N1CCC(O)CC1. The van der Waals surface area contributed by atoms with E-state index in [9.17, 15) is 9.90 Å². The van der Waals surface area contributed by atoms with Crippen LogP contribution in [0.15, 0.2) is 0 Å². The number of aliphatic hydroxyl groups excluding tert-OH is 1. The van der Waals surface area contributed by atoms with Crippen molar-refractivity contribution < 1.29 is 14.6 Å². The van der Waals surface area contributed by atoms with Crippen LogP contribution in [0, 0.1) is 0 Å². The molecule has 0 aromatic carbocycles. The Hall–Kier alpha value is -1.08. The zero-order valence-corrected chi connectivity index (χ0v) is 13.3. The Morgan fingerprint density at radius 3 is 2.40 bits per heavy atom. The van der Waals surface area contributed by atoms with Crippen LogP contribution in [0.5, 0.6) is 0 Å². The molecule has 0 bridgehead atoms. The van der Waals surface area contributed by atoms with Gasteiger partial charge in [0.1, 0.15) is 5.60 Å². The van der Waals surface area contributed by atoms with E-state index in [-0.39, 0.29) is 6.10 Å². The van der Waals surface area contributed by atoms with Crippen molar-refractivity contribution in [1.82, 2.24) is 15.5 Å². The molecule has 0 saturated carbocycles. The lowest BCUT2D eigenvalue weighted by atomic mass is 10.1. The topological polar surface area (TPSA) is 73.8 Å². The maximum absolute atomic E-state index is 11.4. The molecule has 1 saturated heterocycles. The van der Waals surface area contributed by atoms with Gasteiger partial charge < -0.3 is 25.4 Å². The zero-order valence-electron chi connectivity index (χ0n) is 12.4. The summed E-state index contributed by atoms with van der Waals surface area (Å²) in [6.07, 6.45) is 0.866. The van der Waals surface area contributed by atoms with Crippen LogP contribution in [0.3, 0.4) is 0 Å². The third-order valence-electron chi connectivity index (χ3n) is 2.82. The van der Waals surface area contributed by atoms with E-state index in [2.05, 4.69) is 10.6 Å². The maximum Gasteiger partial charge on any atom is 0.407 e. The van der Waals surface area contributed by atoms with Crippen LogP contribution in [0.4, 0.5) is 4.79 Å². The molecule has 6 nitrogen and oxygen atoms in total. The van der Waals surface area contributed by atoms with Gasteiger partial charge in [-0.1, -0.05) is 0 Å². The van der Waals surface area contributed by atoms with Gasteiger partial charge in [-0.25, -0.2) is 4.79 Å². The quantitative estimate of drug-likeness (QED) is 0.530. The average Bonchev–Trinajstić information content (AvgIpc) is 2.33. The van der Waals surface area contributed by atoms with E-state index in [0.29, 0.717) is 18.2 Å². The van der Waals surface area contributed by atoms with Crippen molar-refractivity contribution in [2.75, 3.05) is 26.2 Å². The fourth-order valence-electron chi connectivity index (χ4n) is 1.83. The van der Waals surface area contributed by atoms with E-state index in [0.717, 1.165) is 25.9 Å². The summed E-state index contributed by atoms with van der Waals surface area (Å²) in [6, 6.07) is 0. The molecule has 3 N–H and O–H groups in total. The molecular formula is C13H25N3O3S. The molecule has 0 spiro atoms. The predicted octanol–water partition coefficient (Wildman–Crippen LogP) is 0.842. The summed E-state index contributed by atoms with van der Waals surface area (Å²) < 4.78 is 5.12. The molecule has 0 radical (unpaired) electrons. The van der Waals surface area contributed by atoms with Gasteiger partial charge in [0, 0.05) is 26.2 Å². The first kappa shape index (κ1) is 17.0. The monoisotopic (exact) mass is 303 g/mol. The van der Waals surface area contributed by atoms with Crippen molar-refractivity contribution in [1.29, 1.82) is 0 Å². The summed E-state index contributed by atoms with van der Waals surface area (Å²) in [4.78, 5) is 13.4. The first-order valence-corrected chi connectivity index (χ1v) is 7.36. The number of hydrogen-bond acceptors (Lipinski definition) is 4. The molecule has 0 aliphatic carbocycles. The smallest absolute Gasteiger partial charge is 0.407 e. The molecule has 20 heavy (non-hydrogen) atoms. The number of nitrogens with zero attached hydrogens (tertiary/aromatic N) is 1. The average molecular weight is 303 g/mol. The van der Waals surface area contributed by atoms with Crippen molar-refractivity contribution in [2.45, 2.75) is 45.3 Å². The van der Waals surface area contributed by atoms with E-state index in [4.69, 9.17) is 17.0 Å². The minimum absolute atomic E-state index is 0.206. The van der Waals surface area contributed by atoms with Crippen LogP contribution in [0.25, 0.3) is 0 Å². The van der Waals surface area contributed by atoms with Crippen LogP contribution in [-0.2, 0) is 4.74 Å². The van der Waals surface area contributed by atoms with Crippen LogP contribution in [-0.4, -0.2) is 59.1 Å². The number of alkyl carbamates (subject to hydrolysis) is 1. The second kappa shape index (κ2) is 7.64. The standard InChI is InChI=1S/C13H25N3O3S/c1-13(2,3)19-12(18)15-7-6-14-11(20)16-8-4-10(17)5-9-16/h10,17H,4-9H2,1-3H3,(H,14,20)(H,15,18). The van der Waals surface area contributed by atoms with E-state index >= 15 is 0 Å². The first-order valence-electron chi connectivity index (χ1n) is 6.95. The highest BCUT2D eigenvalue weighted by atomic mass is 32.1. The molecule has 0 atom stereocenters. The van der Waals surface area contributed by atoms with Crippen molar-refractivity contribution in [3.05, 3.63) is 0 Å². The van der Waals surface area contributed by atoms with Gasteiger partial charge in [-0.15, -0.1) is 0 Å². The molecule has 1 aliphatic rings. The van der Waals surface area contributed by atoms with Crippen LogP contribution in [0.2, 0.25) is 0 Å². The third kappa shape index (κ3) is 6.91. The summed E-state index contributed by atoms with van der Waals surface area (Å²) >= 11 is 5.27. The minimum atomic E-state index is -0.485. The molecule has 0 aromatic rings. The van der Waals surface area contributed by atoms with Crippen LogP contribution < -0.4 is 10.6 Å². The number of piperidine rings is 1. The minimum Gasteiger partial charge on any atom is -0.444 e. The van der Waals surface area contributed by atoms with E-state index < -0.39 is 11.7 Å². The van der Waals surface area contributed by atoms with Gasteiger partial charge >= 0.3 is 6.09 Å². The summed E-state index contributed by atoms with van der Waals surface area (Å²) in [7, 11) is 0. The molecule has 1 fully saturated rings. The highest BCUT2D eigenvalue weighted by molar-refractivity contribution is 7.80. The molecule has 116 valence electrons. The predicted molar refractivity (Wildman–Crippen MR) is 81.7 cm³/mol. The number of nitrogens with one attached hydrogen (secondary N) is 2. The van der Waals surface area contributed by atoms with Gasteiger partial charge in [-0.2, -0.15) is 0 Å². The summed E-state index contributed by atoms with van der Waals surface area (Å²) in [6.45, 7) is 8.02. The lowest BCUT2D eigenvalue weighted by molar-refractivity contribution is 0.0528. The highest BCUT2D eigenvalue weighted by Gasteiger charge is 2.19. The van der Waals surface area contributed by atoms with Crippen molar-refractivity contribution in [3.8, 4) is 0 Å². The van der Waals surface area contributed by atoms with Gasteiger partial charge in [-0.05, 0) is 45.8 Å². The number of aliphatic hydroxyl groups is 1.